The highest BCUT2D eigenvalue weighted by Gasteiger charge is 2.14. The summed E-state index contributed by atoms with van der Waals surface area (Å²) in [5.74, 6) is 2.05. The molecule has 0 radical (unpaired) electrons. The maximum atomic E-state index is 9.80. The summed E-state index contributed by atoms with van der Waals surface area (Å²) in [6.45, 7) is 9.22. The fourth-order valence-corrected chi connectivity index (χ4v) is 3.15. The molecule has 1 heterocycles. The van der Waals surface area contributed by atoms with E-state index in [-0.39, 0.29) is 6.10 Å². The van der Waals surface area contributed by atoms with Gasteiger partial charge in [0, 0.05) is 6.54 Å². The molecule has 2 aromatic carbocycles. The van der Waals surface area contributed by atoms with E-state index in [1.54, 1.807) is 0 Å². The monoisotopic (exact) mass is 375 g/mol. The van der Waals surface area contributed by atoms with E-state index in [0.29, 0.717) is 29.5 Å². The average Bonchev–Trinajstić information content (AvgIpc) is 3.06. The van der Waals surface area contributed by atoms with Crippen molar-refractivity contribution < 1.29 is 9.47 Å². The number of imidazole rings is 1. The number of hydrogen-bond donors (Lipinski definition) is 0. The van der Waals surface area contributed by atoms with E-state index in [1.165, 1.54) is 0 Å². The van der Waals surface area contributed by atoms with Crippen molar-refractivity contribution in [3.05, 3.63) is 53.9 Å². The highest BCUT2D eigenvalue weighted by Crippen LogP contribution is 2.31. The van der Waals surface area contributed by atoms with Crippen LogP contribution < -0.4 is 9.47 Å². The van der Waals surface area contributed by atoms with Crippen molar-refractivity contribution in [1.82, 2.24) is 9.55 Å². The molecule has 5 heteroatoms. The number of allylic oxidation sites excluding steroid dienone is 1. The molecule has 28 heavy (non-hydrogen) atoms. The van der Waals surface area contributed by atoms with Crippen LogP contribution in [0.4, 0.5) is 0 Å². The molecular weight excluding hydrogens is 350 g/mol. The normalized spacial score (nSPS) is 11.6. The Morgan fingerprint density at radius 2 is 1.96 bits per heavy atom. The molecule has 3 aromatic rings. The van der Waals surface area contributed by atoms with Gasteiger partial charge in [0.15, 0.2) is 17.3 Å². The third-order valence-electron chi connectivity index (χ3n) is 4.27. The maximum absolute atomic E-state index is 9.80. The smallest absolute Gasteiger partial charge is 0.161 e. The molecule has 0 atom stereocenters. The highest BCUT2D eigenvalue weighted by atomic mass is 16.5. The Balaban J connectivity index is 2.06. The van der Waals surface area contributed by atoms with Crippen LogP contribution in [-0.2, 0) is 6.54 Å². The molecule has 0 unspecified atom stereocenters. The SMILES string of the molecule is CCOc1cc(/C=C(/C#N)c2nc3ccccc3n2CC)ccc1OC(C)C. The summed E-state index contributed by atoms with van der Waals surface area (Å²) in [6, 6.07) is 15.9. The van der Waals surface area contributed by atoms with Crippen LogP contribution in [0, 0.1) is 11.3 Å². The lowest BCUT2D eigenvalue weighted by Crippen LogP contribution is -2.07. The predicted molar refractivity (Wildman–Crippen MR) is 112 cm³/mol. The van der Waals surface area contributed by atoms with Gasteiger partial charge in [-0.1, -0.05) is 18.2 Å². The van der Waals surface area contributed by atoms with Crippen LogP contribution in [0.1, 0.15) is 39.1 Å². The van der Waals surface area contributed by atoms with Crippen LogP contribution in [0.3, 0.4) is 0 Å². The first-order valence-electron chi connectivity index (χ1n) is 9.58. The standard InChI is InChI=1S/C23H25N3O2/c1-5-26-20-10-8-7-9-19(20)25-23(26)18(15-24)13-17-11-12-21(28-16(3)4)22(14-17)27-6-2/h7-14,16H,5-6H2,1-4H3/b18-13-. The first-order chi connectivity index (χ1) is 13.6. The van der Waals surface area contributed by atoms with E-state index >= 15 is 0 Å². The molecule has 3 rings (SSSR count). The number of aryl methyl sites for hydroxylation is 1. The van der Waals surface area contributed by atoms with Gasteiger partial charge in [-0.25, -0.2) is 4.98 Å². The van der Waals surface area contributed by atoms with Crippen molar-refractivity contribution in [3.63, 3.8) is 0 Å². The van der Waals surface area contributed by atoms with Crippen molar-refractivity contribution in [2.45, 2.75) is 40.3 Å². The van der Waals surface area contributed by atoms with Gasteiger partial charge < -0.3 is 14.0 Å². The van der Waals surface area contributed by atoms with Crippen molar-refractivity contribution in [2.75, 3.05) is 6.61 Å². The van der Waals surface area contributed by atoms with Gasteiger partial charge in [-0.2, -0.15) is 5.26 Å². The Hall–Kier alpha value is -3.26. The number of ether oxygens (including phenoxy) is 2. The molecule has 0 saturated heterocycles. The first-order valence-corrected chi connectivity index (χ1v) is 9.58. The van der Waals surface area contributed by atoms with Gasteiger partial charge in [0.05, 0.1) is 29.3 Å². The molecule has 0 amide bonds. The van der Waals surface area contributed by atoms with E-state index in [1.807, 2.05) is 69.3 Å². The lowest BCUT2D eigenvalue weighted by Gasteiger charge is -2.15. The minimum Gasteiger partial charge on any atom is -0.490 e. The summed E-state index contributed by atoms with van der Waals surface area (Å²) in [7, 11) is 0. The van der Waals surface area contributed by atoms with Crippen LogP contribution in [0.2, 0.25) is 0 Å². The lowest BCUT2D eigenvalue weighted by molar-refractivity contribution is 0.224. The van der Waals surface area contributed by atoms with E-state index in [9.17, 15) is 5.26 Å². The van der Waals surface area contributed by atoms with Gasteiger partial charge in [-0.05, 0) is 63.6 Å². The molecule has 5 nitrogen and oxygen atoms in total. The zero-order valence-electron chi connectivity index (χ0n) is 16.8. The summed E-state index contributed by atoms with van der Waals surface area (Å²) in [5.41, 5.74) is 3.29. The predicted octanol–water partition coefficient (Wildman–Crippen LogP) is 5.31. The van der Waals surface area contributed by atoms with Gasteiger partial charge >= 0.3 is 0 Å². The second-order valence-electron chi connectivity index (χ2n) is 6.64. The third-order valence-corrected chi connectivity index (χ3v) is 4.27. The van der Waals surface area contributed by atoms with E-state index in [0.717, 1.165) is 23.1 Å². The topological polar surface area (TPSA) is 60.1 Å². The molecule has 0 aliphatic carbocycles. The van der Waals surface area contributed by atoms with Gasteiger partial charge in [0.1, 0.15) is 6.07 Å². The third kappa shape index (κ3) is 4.01. The second-order valence-corrected chi connectivity index (χ2v) is 6.64. The Morgan fingerprint density at radius 3 is 2.64 bits per heavy atom. The lowest BCUT2D eigenvalue weighted by atomic mass is 10.1. The average molecular weight is 375 g/mol. The minimum atomic E-state index is 0.0553. The number of benzene rings is 2. The molecule has 0 aliphatic rings. The number of aromatic nitrogens is 2. The number of rotatable bonds is 7. The number of nitriles is 1. The van der Waals surface area contributed by atoms with E-state index in [2.05, 4.69) is 22.5 Å². The molecule has 0 saturated carbocycles. The largest absolute Gasteiger partial charge is 0.490 e. The highest BCUT2D eigenvalue weighted by molar-refractivity contribution is 5.91. The molecule has 0 N–H and O–H groups in total. The number of para-hydroxylation sites is 2. The van der Waals surface area contributed by atoms with Gasteiger partial charge in [0.2, 0.25) is 0 Å². The zero-order valence-corrected chi connectivity index (χ0v) is 16.8. The van der Waals surface area contributed by atoms with Crippen LogP contribution in [0.15, 0.2) is 42.5 Å². The molecule has 0 fully saturated rings. The van der Waals surface area contributed by atoms with Crippen molar-refractivity contribution >= 4 is 22.7 Å². The van der Waals surface area contributed by atoms with Gasteiger partial charge in [-0.15, -0.1) is 0 Å². The molecular formula is C23H25N3O2. The molecule has 0 aliphatic heterocycles. The molecule has 1 aromatic heterocycles. The number of nitrogens with zero attached hydrogens (tertiary/aromatic N) is 3. The second kappa shape index (κ2) is 8.62. The Bertz CT molecular complexity index is 1040. The molecule has 0 spiro atoms. The summed E-state index contributed by atoms with van der Waals surface area (Å²) in [6.07, 6.45) is 1.90. The van der Waals surface area contributed by atoms with Crippen molar-refractivity contribution in [1.29, 1.82) is 5.26 Å². The number of hydrogen-bond acceptors (Lipinski definition) is 4. The summed E-state index contributed by atoms with van der Waals surface area (Å²) in [5, 5.41) is 9.80. The van der Waals surface area contributed by atoms with Crippen LogP contribution in [0.5, 0.6) is 11.5 Å². The summed E-state index contributed by atoms with van der Waals surface area (Å²) < 4.78 is 13.6. The maximum Gasteiger partial charge on any atom is 0.161 e. The molecule has 144 valence electrons. The Kier molecular flexibility index (Phi) is 6.00. The number of fused-ring (bicyclic) bond motifs is 1. The summed E-state index contributed by atoms with van der Waals surface area (Å²) in [4.78, 5) is 4.68. The fraction of sp³-hybridized carbons (Fsp3) is 0.304. The Labute approximate surface area is 165 Å². The van der Waals surface area contributed by atoms with Crippen molar-refractivity contribution in [2.24, 2.45) is 0 Å². The van der Waals surface area contributed by atoms with Crippen LogP contribution >= 0.6 is 0 Å². The van der Waals surface area contributed by atoms with E-state index in [4.69, 9.17) is 9.47 Å². The van der Waals surface area contributed by atoms with Gasteiger partial charge in [0.25, 0.3) is 0 Å². The zero-order chi connectivity index (χ0) is 20.1. The van der Waals surface area contributed by atoms with Crippen LogP contribution in [0.25, 0.3) is 22.7 Å². The van der Waals surface area contributed by atoms with Crippen LogP contribution in [-0.4, -0.2) is 22.3 Å². The van der Waals surface area contributed by atoms with E-state index < -0.39 is 0 Å². The molecule has 0 bridgehead atoms. The first kappa shape index (κ1) is 19.5. The fourth-order valence-electron chi connectivity index (χ4n) is 3.15. The summed E-state index contributed by atoms with van der Waals surface area (Å²) >= 11 is 0. The van der Waals surface area contributed by atoms with Crippen molar-refractivity contribution in [3.8, 4) is 17.6 Å². The quantitative estimate of drug-likeness (QED) is 0.525. The van der Waals surface area contributed by atoms with Gasteiger partial charge in [-0.3, -0.25) is 0 Å². The minimum absolute atomic E-state index is 0.0553. The Morgan fingerprint density at radius 1 is 1.18 bits per heavy atom.